The highest BCUT2D eigenvalue weighted by molar-refractivity contribution is 7.89. The van der Waals surface area contributed by atoms with Gasteiger partial charge in [-0.1, -0.05) is 6.07 Å². The molecule has 6 nitrogen and oxygen atoms in total. The summed E-state index contributed by atoms with van der Waals surface area (Å²) in [4.78, 5) is 0.229. The van der Waals surface area contributed by atoms with Crippen molar-refractivity contribution in [3.05, 3.63) is 18.2 Å². The van der Waals surface area contributed by atoms with Gasteiger partial charge < -0.3 is 5.73 Å². The lowest BCUT2D eigenvalue weighted by Gasteiger charge is -2.29. The number of sulfonamides is 1. The van der Waals surface area contributed by atoms with Crippen molar-refractivity contribution in [3.63, 3.8) is 0 Å². The highest BCUT2D eigenvalue weighted by Crippen LogP contribution is 2.26. The second-order valence-electron chi connectivity index (χ2n) is 4.65. The van der Waals surface area contributed by atoms with E-state index < -0.39 is 10.0 Å². The summed E-state index contributed by atoms with van der Waals surface area (Å²) in [6, 6.07) is 4.95. The van der Waals surface area contributed by atoms with Gasteiger partial charge in [-0.25, -0.2) is 8.42 Å². The molecule has 1 aliphatic heterocycles. The van der Waals surface area contributed by atoms with Crippen LogP contribution in [0.1, 0.15) is 12.8 Å². The van der Waals surface area contributed by atoms with E-state index in [0.717, 1.165) is 24.6 Å². The first-order valence-electron chi connectivity index (χ1n) is 6.06. The van der Waals surface area contributed by atoms with Crippen molar-refractivity contribution in [2.75, 3.05) is 13.1 Å². The summed E-state index contributed by atoms with van der Waals surface area (Å²) in [7, 11) is -3.53. The minimum absolute atomic E-state index is 0.0868. The fraction of sp³-hybridized carbons (Fsp3) is 0.455. The number of hydrogen-bond acceptors (Lipinski definition) is 6. The first kappa shape index (κ1) is 12.9. The molecule has 0 amide bonds. The van der Waals surface area contributed by atoms with E-state index in [1.807, 2.05) is 0 Å². The SMILES string of the molecule is N[C@@H]1CCCN(S(=O)(=O)c2cccc3nsnc23)C1. The van der Waals surface area contributed by atoms with Gasteiger partial charge in [-0.3, -0.25) is 0 Å². The first-order valence-corrected chi connectivity index (χ1v) is 8.23. The molecule has 1 saturated heterocycles. The lowest BCUT2D eigenvalue weighted by Crippen LogP contribution is -2.45. The van der Waals surface area contributed by atoms with Gasteiger partial charge in [-0.2, -0.15) is 13.1 Å². The van der Waals surface area contributed by atoms with Gasteiger partial charge in [0, 0.05) is 19.1 Å². The predicted octanol–water partition coefficient (Wildman–Crippen LogP) is 0.803. The van der Waals surface area contributed by atoms with Crippen LogP contribution in [0, 0.1) is 0 Å². The maximum atomic E-state index is 12.7. The molecule has 19 heavy (non-hydrogen) atoms. The Bertz CT molecular complexity index is 698. The molecule has 0 bridgehead atoms. The van der Waals surface area contributed by atoms with Crippen LogP contribution >= 0.6 is 11.7 Å². The molecule has 2 N–H and O–H groups in total. The Balaban J connectivity index is 2.06. The molecule has 0 aliphatic carbocycles. The van der Waals surface area contributed by atoms with Crippen molar-refractivity contribution in [3.8, 4) is 0 Å². The third-order valence-electron chi connectivity index (χ3n) is 3.29. The molecule has 3 rings (SSSR count). The molecule has 8 heteroatoms. The summed E-state index contributed by atoms with van der Waals surface area (Å²) in [5.74, 6) is 0. The smallest absolute Gasteiger partial charge is 0.245 e. The van der Waals surface area contributed by atoms with E-state index in [1.165, 1.54) is 4.31 Å². The summed E-state index contributed by atoms with van der Waals surface area (Å²) in [6.45, 7) is 0.889. The second kappa shape index (κ2) is 4.78. The number of nitrogens with zero attached hydrogens (tertiary/aromatic N) is 3. The number of hydrogen-bond donors (Lipinski definition) is 1. The van der Waals surface area contributed by atoms with Crippen LogP contribution in [-0.2, 0) is 10.0 Å². The van der Waals surface area contributed by atoms with E-state index in [4.69, 9.17) is 5.73 Å². The summed E-state index contributed by atoms with van der Waals surface area (Å²) in [5, 5.41) is 0. The van der Waals surface area contributed by atoms with Crippen LogP contribution in [0.3, 0.4) is 0 Å². The molecule has 1 atom stereocenters. The average molecular weight is 298 g/mol. The van der Waals surface area contributed by atoms with Gasteiger partial charge in [0.15, 0.2) is 0 Å². The molecular weight excluding hydrogens is 284 g/mol. The topological polar surface area (TPSA) is 89.2 Å². The van der Waals surface area contributed by atoms with Crippen molar-refractivity contribution in [1.82, 2.24) is 13.1 Å². The number of aromatic nitrogens is 2. The number of rotatable bonds is 2. The average Bonchev–Trinajstić information content (AvgIpc) is 2.86. The minimum atomic E-state index is -3.53. The normalized spacial score (nSPS) is 21.8. The van der Waals surface area contributed by atoms with Gasteiger partial charge in [0.1, 0.15) is 15.9 Å². The fourth-order valence-electron chi connectivity index (χ4n) is 2.32. The van der Waals surface area contributed by atoms with Crippen LogP contribution in [0.25, 0.3) is 11.0 Å². The van der Waals surface area contributed by atoms with Gasteiger partial charge in [0.2, 0.25) is 10.0 Å². The molecule has 0 spiro atoms. The highest BCUT2D eigenvalue weighted by atomic mass is 32.2. The number of piperidine rings is 1. The van der Waals surface area contributed by atoms with Gasteiger partial charge in [0.25, 0.3) is 0 Å². The summed E-state index contributed by atoms with van der Waals surface area (Å²) in [5.41, 5.74) is 6.93. The van der Waals surface area contributed by atoms with E-state index in [0.29, 0.717) is 24.1 Å². The van der Waals surface area contributed by atoms with Crippen molar-refractivity contribution in [2.45, 2.75) is 23.8 Å². The van der Waals surface area contributed by atoms with Gasteiger partial charge in [0.05, 0.1) is 11.7 Å². The summed E-state index contributed by atoms with van der Waals surface area (Å²) < 4.78 is 34.9. The van der Waals surface area contributed by atoms with Gasteiger partial charge in [-0.15, -0.1) is 0 Å². The van der Waals surface area contributed by atoms with Crippen LogP contribution in [0.2, 0.25) is 0 Å². The Morgan fingerprint density at radius 3 is 3.00 bits per heavy atom. The first-order chi connectivity index (χ1) is 9.09. The van der Waals surface area contributed by atoms with Crippen LogP contribution < -0.4 is 5.73 Å². The predicted molar refractivity (Wildman–Crippen MR) is 73.4 cm³/mol. The molecule has 2 heterocycles. The van der Waals surface area contributed by atoms with E-state index in [2.05, 4.69) is 8.75 Å². The van der Waals surface area contributed by atoms with Crippen LogP contribution in [0.4, 0.5) is 0 Å². The standard InChI is InChI=1S/C11H14N4O2S2/c12-8-3-2-6-15(7-8)19(16,17)10-5-1-4-9-11(10)14-18-13-9/h1,4-5,8H,2-3,6-7,12H2/t8-/m1/s1. The lowest BCUT2D eigenvalue weighted by molar-refractivity contribution is 0.316. The molecule has 102 valence electrons. The molecular formula is C11H14N4O2S2. The summed E-state index contributed by atoms with van der Waals surface area (Å²) in [6.07, 6.45) is 1.67. The highest BCUT2D eigenvalue weighted by Gasteiger charge is 2.30. The fourth-order valence-corrected chi connectivity index (χ4v) is 4.61. The molecule has 2 aromatic rings. The van der Waals surface area contributed by atoms with Gasteiger partial charge in [-0.05, 0) is 25.0 Å². The van der Waals surface area contributed by atoms with Crippen molar-refractivity contribution in [2.24, 2.45) is 5.73 Å². The van der Waals surface area contributed by atoms with Crippen LogP contribution in [-0.4, -0.2) is 40.6 Å². The number of nitrogens with two attached hydrogens (primary N) is 1. The van der Waals surface area contributed by atoms with Crippen molar-refractivity contribution < 1.29 is 8.42 Å². The minimum Gasteiger partial charge on any atom is -0.327 e. The van der Waals surface area contributed by atoms with E-state index in [9.17, 15) is 8.42 Å². The zero-order chi connectivity index (χ0) is 13.5. The van der Waals surface area contributed by atoms with Crippen LogP contribution in [0.5, 0.6) is 0 Å². The van der Waals surface area contributed by atoms with Crippen molar-refractivity contribution in [1.29, 1.82) is 0 Å². The quantitative estimate of drug-likeness (QED) is 0.886. The number of fused-ring (bicyclic) bond motifs is 1. The molecule has 0 saturated carbocycles. The Labute approximate surface area is 115 Å². The molecule has 0 radical (unpaired) electrons. The van der Waals surface area contributed by atoms with Gasteiger partial charge >= 0.3 is 0 Å². The number of benzene rings is 1. The monoisotopic (exact) mass is 298 g/mol. The largest absolute Gasteiger partial charge is 0.327 e. The second-order valence-corrected chi connectivity index (χ2v) is 7.09. The zero-order valence-corrected chi connectivity index (χ0v) is 11.8. The third kappa shape index (κ3) is 2.25. The molecule has 0 unspecified atom stereocenters. The Kier molecular flexibility index (Phi) is 3.25. The van der Waals surface area contributed by atoms with Crippen LogP contribution in [0.15, 0.2) is 23.1 Å². The maximum absolute atomic E-state index is 12.7. The molecule has 1 aromatic heterocycles. The summed E-state index contributed by atoms with van der Waals surface area (Å²) >= 11 is 1.02. The Hall–Kier alpha value is -1.09. The Morgan fingerprint density at radius 2 is 2.21 bits per heavy atom. The Morgan fingerprint density at radius 1 is 1.37 bits per heavy atom. The third-order valence-corrected chi connectivity index (χ3v) is 5.73. The van der Waals surface area contributed by atoms with E-state index >= 15 is 0 Å². The maximum Gasteiger partial charge on any atom is 0.245 e. The van der Waals surface area contributed by atoms with Crippen molar-refractivity contribution >= 4 is 32.8 Å². The molecule has 1 aromatic carbocycles. The zero-order valence-electron chi connectivity index (χ0n) is 10.2. The van der Waals surface area contributed by atoms with E-state index in [1.54, 1.807) is 18.2 Å². The molecule has 1 fully saturated rings. The molecule has 1 aliphatic rings. The van der Waals surface area contributed by atoms with E-state index in [-0.39, 0.29) is 10.9 Å². The lowest BCUT2D eigenvalue weighted by atomic mass is 10.1.